The van der Waals surface area contributed by atoms with E-state index in [0.29, 0.717) is 5.69 Å². The molecule has 1 aromatic carbocycles. The maximum atomic E-state index is 13.6. The number of rotatable bonds is 5. The number of H-pyrrole nitrogens is 1. The van der Waals surface area contributed by atoms with Crippen LogP contribution in [0.5, 0.6) is 0 Å². The van der Waals surface area contributed by atoms with Crippen molar-refractivity contribution in [2.75, 3.05) is 5.32 Å². The van der Waals surface area contributed by atoms with E-state index in [-0.39, 0.29) is 22.8 Å². The number of halogens is 1. The Morgan fingerprint density at radius 3 is 2.92 bits per heavy atom. The van der Waals surface area contributed by atoms with Gasteiger partial charge in [0.25, 0.3) is 0 Å². The van der Waals surface area contributed by atoms with Gasteiger partial charge in [-0.05, 0) is 29.5 Å². The molecular formula is C14H9FN8O2. The molecule has 0 aliphatic rings. The summed E-state index contributed by atoms with van der Waals surface area (Å²) < 4.78 is 14.9. The molecule has 3 rings (SSSR count). The number of nitrogens with one attached hydrogen (secondary N) is 2. The summed E-state index contributed by atoms with van der Waals surface area (Å²) in [4.78, 5) is 11.0. The van der Waals surface area contributed by atoms with Gasteiger partial charge >= 0.3 is 5.97 Å². The summed E-state index contributed by atoms with van der Waals surface area (Å²) in [6.07, 6.45) is 2.71. The zero-order valence-corrected chi connectivity index (χ0v) is 12.4. The molecule has 0 saturated carbocycles. The predicted octanol–water partition coefficient (Wildman–Crippen LogP) is 1.20. The number of carboxylic acid groups (broad SMARTS) is 1. The highest BCUT2D eigenvalue weighted by atomic mass is 19.1. The number of allylic oxidation sites excluding steroid dienone is 1. The van der Waals surface area contributed by atoms with E-state index >= 15 is 0 Å². The topological polar surface area (TPSA) is 145 Å². The van der Waals surface area contributed by atoms with Crippen LogP contribution in [0, 0.1) is 17.1 Å². The van der Waals surface area contributed by atoms with Gasteiger partial charge in [0.15, 0.2) is 5.69 Å². The van der Waals surface area contributed by atoms with Crippen molar-refractivity contribution in [2.45, 2.75) is 0 Å². The number of benzene rings is 1. The Morgan fingerprint density at radius 1 is 1.44 bits per heavy atom. The number of aromatic nitrogens is 6. The van der Waals surface area contributed by atoms with Gasteiger partial charge < -0.3 is 10.4 Å². The maximum Gasteiger partial charge on any atom is 0.356 e. The Hall–Kier alpha value is -4.07. The third kappa shape index (κ3) is 3.32. The molecule has 2 aromatic heterocycles. The summed E-state index contributed by atoms with van der Waals surface area (Å²) in [7, 11) is 0. The molecule has 0 spiro atoms. The van der Waals surface area contributed by atoms with Crippen molar-refractivity contribution in [3.05, 3.63) is 54.0 Å². The molecule has 0 fully saturated rings. The molecule has 0 aliphatic heterocycles. The molecule has 3 aromatic rings. The van der Waals surface area contributed by atoms with E-state index in [9.17, 15) is 9.18 Å². The third-order valence-electron chi connectivity index (χ3n) is 3.09. The van der Waals surface area contributed by atoms with Gasteiger partial charge in [0.05, 0.1) is 11.4 Å². The number of nitriles is 1. The molecule has 124 valence electrons. The third-order valence-corrected chi connectivity index (χ3v) is 3.09. The average Bonchev–Trinajstić information content (AvgIpc) is 3.27. The first-order valence-corrected chi connectivity index (χ1v) is 6.78. The normalized spacial score (nSPS) is 11.1. The lowest BCUT2D eigenvalue weighted by atomic mass is 10.2. The molecular weight excluding hydrogens is 331 g/mol. The fourth-order valence-corrected chi connectivity index (χ4v) is 1.97. The highest BCUT2D eigenvalue weighted by Crippen LogP contribution is 2.22. The second-order valence-electron chi connectivity index (χ2n) is 4.66. The SMILES string of the molecule is N#CC(=CNc1cc(F)ccc1-n1ccc(C(=O)O)n1)c1nn[nH]n1. The van der Waals surface area contributed by atoms with E-state index in [0.717, 1.165) is 0 Å². The molecule has 0 unspecified atom stereocenters. The minimum absolute atomic E-state index is 0.0654. The minimum Gasteiger partial charge on any atom is -0.476 e. The average molecular weight is 340 g/mol. The maximum absolute atomic E-state index is 13.6. The van der Waals surface area contributed by atoms with Crippen LogP contribution in [0.3, 0.4) is 0 Å². The molecule has 10 nitrogen and oxygen atoms in total. The van der Waals surface area contributed by atoms with Crippen molar-refractivity contribution >= 4 is 17.2 Å². The van der Waals surface area contributed by atoms with Gasteiger partial charge in [-0.1, -0.05) is 0 Å². The number of nitrogens with zero attached hydrogens (tertiary/aromatic N) is 6. The number of tetrazole rings is 1. The number of carboxylic acids is 1. The molecule has 25 heavy (non-hydrogen) atoms. The molecule has 0 bridgehead atoms. The van der Waals surface area contributed by atoms with Gasteiger partial charge in [-0.2, -0.15) is 15.6 Å². The van der Waals surface area contributed by atoms with E-state index in [1.54, 1.807) is 0 Å². The molecule has 0 radical (unpaired) electrons. The monoisotopic (exact) mass is 340 g/mol. The second-order valence-corrected chi connectivity index (χ2v) is 4.66. The number of hydrogen-bond acceptors (Lipinski definition) is 7. The van der Waals surface area contributed by atoms with Crippen LogP contribution in [0.2, 0.25) is 0 Å². The number of anilines is 1. The first-order valence-electron chi connectivity index (χ1n) is 6.78. The van der Waals surface area contributed by atoms with Crippen LogP contribution in [0.1, 0.15) is 16.3 Å². The number of hydrogen-bond donors (Lipinski definition) is 3. The summed E-state index contributed by atoms with van der Waals surface area (Å²) in [6, 6.07) is 7.00. The van der Waals surface area contributed by atoms with Crippen molar-refractivity contribution in [3.63, 3.8) is 0 Å². The van der Waals surface area contributed by atoms with Crippen molar-refractivity contribution in [3.8, 4) is 11.8 Å². The quantitative estimate of drug-likeness (QED) is 0.587. The van der Waals surface area contributed by atoms with Crippen LogP contribution in [0.15, 0.2) is 36.7 Å². The Morgan fingerprint density at radius 2 is 2.28 bits per heavy atom. The zero-order chi connectivity index (χ0) is 17.8. The fraction of sp³-hybridized carbons (Fsp3) is 0. The van der Waals surface area contributed by atoms with Crippen LogP contribution >= 0.6 is 0 Å². The number of aromatic carboxylic acids is 1. The Labute approximate surface area is 139 Å². The highest BCUT2D eigenvalue weighted by Gasteiger charge is 2.12. The van der Waals surface area contributed by atoms with Gasteiger partial charge in [-0.25, -0.2) is 13.9 Å². The van der Waals surface area contributed by atoms with E-state index in [1.165, 1.54) is 41.3 Å². The standard InChI is InChI=1S/C14H9FN8O2/c15-9-1-2-12(23-4-3-10(20-23)14(24)25)11(5-9)17-7-8(6-16)13-18-21-22-19-13/h1-5,7,17H,(H,24,25)(H,18,19,21,22). The van der Waals surface area contributed by atoms with Crippen molar-refractivity contribution in [1.29, 1.82) is 5.26 Å². The van der Waals surface area contributed by atoms with Crippen LogP contribution in [-0.4, -0.2) is 41.5 Å². The summed E-state index contributed by atoms with van der Waals surface area (Å²) in [5.41, 5.74) is 0.554. The van der Waals surface area contributed by atoms with Gasteiger partial charge in [0.2, 0.25) is 5.82 Å². The number of carbonyl (C=O) groups is 1. The molecule has 11 heteroatoms. The zero-order valence-electron chi connectivity index (χ0n) is 12.4. The highest BCUT2D eigenvalue weighted by molar-refractivity contribution is 5.85. The predicted molar refractivity (Wildman–Crippen MR) is 81.9 cm³/mol. The lowest BCUT2D eigenvalue weighted by molar-refractivity contribution is 0.0690. The Balaban J connectivity index is 1.97. The van der Waals surface area contributed by atoms with E-state index < -0.39 is 11.8 Å². The van der Waals surface area contributed by atoms with Gasteiger partial charge in [0.1, 0.15) is 17.5 Å². The van der Waals surface area contributed by atoms with E-state index in [4.69, 9.17) is 10.4 Å². The van der Waals surface area contributed by atoms with Crippen molar-refractivity contribution in [1.82, 2.24) is 30.4 Å². The first kappa shape index (κ1) is 15.8. The van der Waals surface area contributed by atoms with Gasteiger partial charge in [-0.15, -0.1) is 10.2 Å². The molecule has 2 heterocycles. The summed E-state index contributed by atoms with van der Waals surface area (Å²) >= 11 is 0. The number of aromatic amines is 1. The smallest absolute Gasteiger partial charge is 0.356 e. The van der Waals surface area contributed by atoms with Crippen LogP contribution in [-0.2, 0) is 0 Å². The second kappa shape index (κ2) is 6.59. The van der Waals surface area contributed by atoms with Crippen molar-refractivity contribution in [2.24, 2.45) is 0 Å². The largest absolute Gasteiger partial charge is 0.476 e. The molecule has 0 saturated heterocycles. The van der Waals surface area contributed by atoms with Crippen molar-refractivity contribution < 1.29 is 14.3 Å². The first-order chi connectivity index (χ1) is 12.1. The van der Waals surface area contributed by atoms with Crippen LogP contribution in [0.4, 0.5) is 10.1 Å². The van der Waals surface area contributed by atoms with Gasteiger partial charge in [-0.3, -0.25) is 0 Å². The minimum atomic E-state index is -1.18. The van der Waals surface area contributed by atoms with Crippen LogP contribution in [0.25, 0.3) is 11.3 Å². The Bertz CT molecular complexity index is 987. The van der Waals surface area contributed by atoms with E-state index in [1.807, 2.05) is 6.07 Å². The molecule has 0 atom stereocenters. The lowest BCUT2D eigenvalue weighted by Crippen LogP contribution is -2.04. The Kier molecular flexibility index (Phi) is 4.17. The fourth-order valence-electron chi connectivity index (χ4n) is 1.97. The molecule has 0 amide bonds. The van der Waals surface area contributed by atoms with Crippen LogP contribution < -0.4 is 5.32 Å². The van der Waals surface area contributed by atoms with Gasteiger partial charge in [0, 0.05) is 12.4 Å². The molecule has 0 aliphatic carbocycles. The summed E-state index contributed by atoms with van der Waals surface area (Å²) in [5, 5.41) is 37.7. The van der Waals surface area contributed by atoms with E-state index in [2.05, 4.69) is 31.0 Å². The summed E-state index contributed by atoms with van der Waals surface area (Å²) in [6.45, 7) is 0. The lowest BCUT2D eigenvalue weighted by Gasteiger charge is -2.09. The molecule has 3 N–H and O–H groups in total. The summed E-state index contributed by atoms with van der Waals surface area (Å²) in [5.74, 6) is -1.64.